The van der Waals surface area contributed by atoms with Crippen LogP contribution >= 0.6 is 11.3 Å². The van der Waals surface area contributed by atoms with Gasteiger partial charge in [0.2, 0.25) is 5.91 Å². The molecule has 1 N–H and O–H groups in total. The van der Waals surface area contributed by atoms with E-state index >= 15 is 0 Å². The van der Waals surface area contributed by atoms with Crippen LogP contribution in [-0.2, 0) is 4.79 Å². The summed E-state index contributed by atoms with van der Waals surface area (Å²) in [5, 5.41) is 5.13. The van der Waals surface area contributed by atoms with Crippen LogP contribution in [0, 0.1) is 5.82 Å². The molecular formula is C24H27FN4O3S. The molecule has 3 aliphatic rings. The van der Waals surface area contributed by atoms with Crippen LogP contribution in [0.3, 0.4) is 0 Å². The first-order valence-corrected chi connectivity index (χ1v) is 12.3. The minimum Gasteiger partial charge on any atom is -0.338 e. The minimum absolute atomic E-state index is 0.0260. The Kier molecular flexibility index (Phi) is 6.16. The molecule has 7 nitrogen and oxygen atoms in total. The quantitative estimate of drug-likeness (QED) is 0.727. The lowest BCUT2D eigenvalue weighted by Gasteiger charge is -2.32. The molecule has 1 saturated carbocycles. The van der Waals surface area contributed by atoms with Crippen molar-refractivity contribution in [3.8, 4) is 0 Å². The number of hydrogen-bond acceptors (Lipinski definition) is 5. The van der Waals surface area contributed by atoms with Gasteiger partial charge in [-0.15, -0.1) is 11.3 Å². The Morgan fingerprint density at radius 2 is 1.76 bits per heavy atom. The van der Waals surface area contributed by atoms with E-state index in [-0.39, 0.29) is 29.8 Å². The van der Waals surface area contributed by atoms with Gasteiger partial charge in [0, 0.05) is 44.3 Å². The molecule has 9 heteroatoms. The number of thiophene rings is 1. The third-order valence-corrected chi connectivity index (χ3v) is 7.50. The highest BCUT2D eigenvalue weighted by Crippen LogP contribution is 2.36. The number of nitrogens with one attached hydrogen (secondary N) is 1. The van der Waals surface area contributed by atoms with Gasteiger partial charge in [0.05, 0.1) is 10.9 Å². The third-order valence-electron chi connectivity index (χ3n) is 6.64. The lowest BCUT2D eigenvalue weighted by Crippen LogP contribution is -2.53. The van der Waals surface area contributed by atoms with Gasteiger partial charge in [-0.2, -0.15) is 0 Å². The van der Waals surface area contributed by atoms with E-state index < -0.39 is 11.9 Å². The Labute approximate surface area is 196 Å². The highest BCUT2D eigenvalue weighted by Gasteiger charge is 2.48. The van der Waals surface area contributed by atoms with Gasteiger partial charge in [-0.1, -0.05) is 6.07 Å². The fraction of sp³-hybridized carbons (Fsp3) is 0.458. The summed E-state index contributed by atoms with van der Waals surface area (Å²) in [5.41, 5.74) is 0.345. The Morgan fingerprint density at radius 3 is 2.39 bits per heavy atom. The van der Waals surface area contributed by atoms with Crippen molar-refractivity contribution in [2.45, 2.75) is 37.4 Å². The zero-order chi connectivity index (χ0) is 22.9. The highest BCUT2D eigenvalue weighted by atomic mass is 32.1. The molecule has 5 rings (SSSR count). The van der Waals surface area contributed by atoms with Crippen molar-refractivity contribution in [1.82, 2.24) is 20.0 Å². The van der Waals surface area contributed by atoms with Crippen molar-refractivity contribution in [1.29, 1.82) is 0 Å². The lowest BCUT2D eigenvalue weighted by atomic mass is 10.1. The lowest BCUT2D eigenvalue weighted by molar-refractivity contribution is -0.135. The van der Waals surface area contributed by atoms with Gasteiger partial charge < -0.3 is 20.0 Å². The van der Waals surface area contributed by atoms with Gasteiger partial charge in [-0.05, 0) is 55.0 Å². The molecule has 2 aromatic rings. The van der Waals surface area contributed by atoms with Gasteiger partial charge in [-0.25, -0.2) is 4.39 Å². The van der Waals surface area contributed by atoms with Crippen LogP contribution in [-0.4, -0.2) is 83.3 Å². The SMILES string of the molecule is O=C(C1CC(N(C(=O)c2cccs2)C2CC2)CN1C(=O)c1ccc(F)cc1)N1CCNCC1. The van der Waals surface area contributed by atoms with Crippen LogP contribution in [0.2, 0.25) is 0 Å². The number of carbonyl (C=O) groups is 3. The number of halogens is 1. The molecular weight excluding hydrogens is 443 g/mol. The largest absolute Gasteiger partial charge is 0.338 e. The average Bonchev–Trinajstić information content (AvgIpc) is 3.33. The molecule has 1 aromatic carbocycles. The summed E-state index contributed by atoms with van der Waals surface area (Å²) in [5.74, 6) is -0.818. The number of amides is 3. The number of likely N-dealkylation sites (tertiary alicyclic amines) is 1. The molecule has 3 fully saturated rings. The van der Waals surface area contributed by atoms with Crippen molar-refractivity contribution in [2.24, 2.45) is 0 Å². The van der Waals surface area contributed by atoms with E-state index in [9.17, 15) is 18.8 Å². The second-order valence-corrected chi connectivity index (χ2v) is 9.81. The first-order chi connectivity index (χ1) is 16.0. The number of hydrogen-bond donors (Lipinski definition) is 1. The van der Waals surface area contributed by atoms with Crippen molar-refractivity contribution in [3.05, 3.63) is 58.0 Å². The Morgan fingerprint density at radius 1 is 1.03 bits per heavy atom. The van der Waals surface area contributed by atoms with Gasteiger partial charge >= 0.3 is 0 Å². The number of rotatable bonds is 5. The molecule has 1 aromatic heterocycles. The molecule has 0 spiro atoms. The Hall–Kier alpha value is -2.78. The van der Waals surface area contributed by atoms with E-state index in [4.69, 9.17) is 0 Å². The second kappa shape index (κ2) is 9.23. The zero-order valence-electron chi connectivity index (χ0n) is 18.3. The maximum Gasteiger partial charge on any atom is 0.264 e. The average molecular weight is 471 g/mol. The Bertz CT molecular complexity index is 1020. The predicted octanol–water partition coefficient (Wildman–Crippen LogP) is 2.21. The zero-order valence-corrected chi connectivity index (χ0v) is 19.1. The molecule has 174 valence electrons. The van der Waals surface area contributed by atoms with E-state index in [1.54, 1.807) is 9.80 Å². The van der Waals surface area contributed by atoms with E-state index in [1.807, 2.05) is 22.4 Å². The number of benzene rings is 1. The fourth-order valence-electron chi connectivity index (χ4n) is 4.84. The smallest absolute Gasteiger partial charge is 0.264 e. The second-order valence-electron chi connectivity index (χ2n) is 8.87. The Balaban J connectivity index is 1.43. The maximum atomic E-state index is 13.5. The monoisotopic (exact) mass is 470 g/mol. The molecule has 33 heavy (non-hydrogen) atoms. The number of piperazine rings is 1. The van der Waals surface area contributed by atoms with Crippen LogP contribution in [0.5, 0.6) is 0 Å². The van der Waals surface area contributed by atoms with Crippen molar-refractivity contribution >= 4 is 29.1 Å². The summed E-state index contributed by atoms with van der Waals surface area (Å²) in [7, 11) is 0. The molecule has 1 aliphatic carbocycles. The van der Waals surface area contributed by atoms with Gasteiger partial charge in [-0.3, -0.25) is 14.4 Å². The normalized spacial score (nSPS) is 22.9. The van der Waals surface area contributed by atoms with E-state index in [0.717, 1.165) is 25.9 Å². The summed E-state index contributed by atoms with van der Waals surface area (Å²) in [6.07, 6.45) is 2.30. The summed E-state index contributed by atoms with van der Waals surface area (Å²) >= 11 is 1.41. The van der Waals surface area contributed by atoms with Crippen LogP contribution in [0.15, 0.2) is 41.8 Å². The standard InChI is InChI=1S/C24H27FN4O3S/c25-17-5-3-16(4-6-17)22(30)28-15-19(14-20(28)23(31)27-11-9-26-10-12-27)29(18-7-8-18)24(32)21-2-1-13-33-21/h1-6,13,18-20,26H,7-12,14-15H2. The van der Waals surface area contributed by atoms with Crippen molar-refractivity contribution in [2.75, 3.05) is 32.7 Å². The summed E-state index contributed by atoms with van der Waals surface area (Å²) in [4.78, 5) is 46.2. The van der Waals surface area contributed by atoms with Crippen LogP contribution < -0.4 is 5.32 Å². The van der Waals surface area contributed by atoms with Crippen LogP contribution in [0.1, 0.15) is 39.3 Å². The summed E-state index contributed by atoms with van der Waals surface area (Å²) < 4.78 is 13.4. The minimum atomic E-state index is -0.636. The number of carbonyl (C=O) groups excluding carboxylic acids is 3. The molecule has 2 atom stereocenters. The predicted molar refractivity (Wildman–Crippen MR) is 123 cm³/mol. The summed E-state index contributed by atoms with van der Waals surface area (Å²) in [6, 6.07) is 8.38. The van der Waals surface area contributed by atoms with E-state index in [0.29, 0.717) is 36.5 Å². The van der Waals surface area contributed by atoms with Crippen LogP contribution in [0.4, 0.5) is 4.39 Å². The van der Waals surface area contributed by atoms with Gasteiger partial charge in [0.25, 0.3) is 11.8 Å². The topological polar surface area (TPSA) is 73.0 Å². The molecule has 2 unspecified atom stereocenters. The van der Waals surface area contributed by atoms with Crippen molar-refractivity contribution < 1.29 is 18.8 Å². The summed E-state index contributed by atoms with van der Waals surface area (Å²) in [6.45, 7) is 2.93. The first kappa shape index (κ1) is 22.0. The van der Waals surface area contributed by atoms with Crippen molar-refractivity contribution in [3.63, 3.8) is 0 Å². The van der Waals surface area contributed by atoms with E-state index in [1.165, 1.54) is 35.6 Å². The maximum absolute atomic E-state index is 13.5. The fourth-order valence-corrected chi connectivity index (χ4v) is 5.51. The highest BCUT2D eigenvalue weighted by molar-refractivity contribution is 7.12. The van der Waals surface area contributed by atoms with Gasteiger partial charge in [0.15, 0.2) is 0 Å². The van der Waals surface area contributed by atoms with Crippen LogP contribution in [0.25, 0.3) is 0 Å². The molecule has 2 aliphatic heterocycles. The molecule has 2 saturated heterocycles. The third kappa shape index (κ3) is 4.52. The van der Waals surface area contributed by atoms with Gasteiger partial charge in [0.1, 0.15) is 11.9 Å². The molecule has 0 bridgehead atoms. The van der Waals surface area contributed by atoms with E-state index in [2.05, 4.69) is 5.32 Å². The molecule has 3 heterocycles. The molecule has 0 radical (unpaired) electrons. The first-order valence-electron chi connectivity index (χ1n) is 11.4. The molecule has 3 amide bonds. The number of nitrogens with zero attached hydrogens (tertiary/aromatic N) is 3.